The van der Waals surface area contributed by atoms with Crippen molar-refractivity contribution in [2.45, 2.75) is 12.3 Å². The van der Waals surface area contributed by atoms with Crippen LogP contribution in [0.4, 0.5) is 0 Å². The maximum Gasteiger partial charge on any atom is 0.338 e. The van der Waals surface area contributed by atoms with Crippen LogP contribution in [0.5, 0.6) is 5.75 Å². The van der Waals surface area contributed by atoms with Crippen LogP contribution >= 0.6 is 0 Å². The number of imidazole rings is 1. The van der Waals surface area contributed by atoms with E-state index in [1.54, 1.807) is 41.6 Å². The predicted octanol–water partition coefficient (Wildman–Crippen LogP) is 2.99. The zero-order valence-corrected chi connectivity index (χ0v) is 13.5. The first-order valence-corrected chi connectivity index (χ1v) is 8.14. The van der Waals surface area contributed by atoms with Crippen LogP contribution in [0, 0.1) is 0 Å². The molecule has 0 aliphatic carbocycles. The summed E-state index contributed by atoms with van der Waals surface area (Å²) in [7, 11) is 0. The van der Waals surface area contributed by atoms with E-state index in [0.717, 1.165) is 17.7 Å². The number of pyridine rings is 1. The number of carbonyl (C=O) groups is 1. The average Bonchev–Trinajstić information content (AvgIpc) is 3.21. The van der Waals surface area contributed by atoms with Gasteiger partial charge in [0.15, 0.2) is 0 Å². The Kier molecular flexibility index (Phi) is 4.16. The average molecular weight is 335 g/mol. The molecule has 1 atom stereocenters. The molecule has 0 saturated heterocycles. The lowest BCUT2D eigenvalue weighted by molar-refractivity contribution is 0.0459. The largest absolute Gasteiger partial charge is 0.493 e. The molecule has 0 radical (unpaired) electrons. The number of esters is 1. The highest BCUT2D eigenvalue weighted by Crippen LogP contribution is 2.33. The fourth-order valence-corrected chi connectivity index (χ4v) is 2.93. The molecule has 126 valence electrons. The number of rotatable bonds is 4. The van der Waals surface area contributed by atoms with E-state index >= 15 is 0 Å². The summed E-state index contributed by atoms with van der Waals surface area (Å²) in [5.41, 5.74) is 1.56. The number of ether oxygens (including phenoxy) is 2. The third-order valence-corrected chi connectivity index (χ3v) is 4.25. The van der Waals surface area contributed by atoms with Crippen LogP contribution in [0.2, 0.25) is 0 Å². The molecule has 3 heterocycles. The van der Waals surface area contributed by atoms with Crippen LogP contribution in [0.3, 0.4) is 0 Å². The lowest BCUT2D eigenvalue weighted by Gasteiger charge is -2.25. The number of fused-ring (bicyclic) bond motifs is 1. The lowest BCUT2D eigenvalue weighted by Crippen LogP contribution is -2.20. The fraction of sp³-hybridized carbons (Fsp3) is 0.211. The van der Waals surface area contributed by atoms with E-state index in [1.807, 2.05) is 24.3 Å². The molecular formula is C19H17N3O3. The standard InChI is InChI=1S/C19H17N3O3/c23-19(14-5-7-21-18(11-14)22-9-8-20-13-22)25-12-15-6-10-24-17-4-2-1-3-16(15)17/h1-5,7-9,11,13,15H,6,10,12H2/t15-/m0/s1. The van der Waals surface area contributed by atoms with Gasteiger partial charge in [-0.15, -0.1) is 0 Å². The van der Waals surface area contributed by atoms with Gasteiger partial charge in [0.1, 0.15) is 17.9 Å². The van der Waals surface area contributed by atoms with Crippen molar-refractivity contribution in [2.75, 3.05) is 13.2 Å². The third-order valence-electron chi connectivity index (χ3n) is 4.25. The maximum absolute atomic E-state index is 12.4. The lowest BCUT2D eigenvalue weighted by atomic mass is 9.94. The van der Waals surface area contributed by atoms with Gasteiger partial charge in [-0.2, -0.15) is 0 Å². The maximum atomic E-state index is 12.4. The summed E-state index contributed by atoms with van der Waals surface area (Å²) in [5.74, 6) is 1.31. The molecule has 3 aromatic rings. The van der Waals surface area contributed by atoms with Gasteiger partial charge in [-0.05, 0) is 24.6 Å². The quantitative estimate of drug-likeness (QED) is 0.686. The molecule has 6 nitrogen and oxygen atoms in total. The first-order chi connectivity index (χ1) is 12.3. The van der Waals surface area contributed by atoms with Gasteiger partial charge in [0.25, 0.3) is 0 Å². The van der Waals surface area contributed by atoms with E-state index in [9.17, 15) is 4.79 Å². The topological polar surface area (TPSA) is 66.2 Å². The van der Waals surface area contributed by atoms with E-state index in [-0.39, 0.29) is 11.9 Å². The minimum absolute atomic E-state index is 0.156. The van der Waals surface area contributed by atoms with E-state index < -0.39 is 0 Å². The second kappa shape index (κ2) is 6.76. The number of hydrogen-bond donors (Lipinski definition) is 0. The van der Waals surface area contributed by atoms with Gasteiger partial charge in [0.05, 0.1) is 18.8 Å². The summed E-state index contributed by atoms with van der Waals surface area (Å²) in [5, 5.41) is 0. The van der Waals surface area contributed by atoms with Crippen molar-refractivity contribution >= 4 is 5.97 Å². The summed E-state index contributed by atoms with van der Waals surface area (Å²) >= 11 is 0. The zero-order valence-electron chi connectivity index (χ0n) is 13.5. The zero-order chi connectivity index (χ0) is 17.1. The van der Waals surface area contributed by atoms with Crippen molar-refractivity contribution in [3.05, 3.63) is 72.4 Å². The summed E-state index contributed by atoms with van der Waals surface area (Å²) in [6.45, 7) is 0.973. The highest BCUT2D eigenvalue weighted by Gasteiger charge is 2.22. The number of hydrogen-bond acceptors (Lipinski definition) is 5. The number of para-hydroxylation sites is 1. The van der Waals surface area contributed by atoms with Crippen molar-refractivity contribution in [1.29, 1.82) is 0 Å². The molecule has 0 spiro atoms. The predicted molar refractivity (Wildman–Crippen MR) is 90.9 cm³/mol. The van der Waals surface area contributed by atoms with Crippen molar-refractivity contribution in [2.24, 2.45) is 0 Å². The van der Waals surface area contributed by atoms with Crippen LogP contribution < -0.4 is 4.74 Å². The SMILES string of the molecule is O=C(OC[C@@H]1CCOc2ccccc21)c1ccnc(-n2ccnc2)c1. The third kappa shape index (κ3) is 3.24. The second-order valence-electron chi connectivity index (χ2n) is 5.84. The molecule has 0 bridgehead atoms. The number of aromatic nitrogens is 3. The molecule has 6 heteroatoms. The highest BCUT2D eigenvalue weighted by molar-refractivity contribution is 5.89. The van der Waals surface area contributed by atoms with Crippen LogP contribution in [0.25, 0.3) is 5.82 Å². The van der Waals surface area contributed by atoms with Crippen LogP contribution in [0.1, 0.15) is 28.3 Å². The van der Waals surface area contributed by atoms with Gasteiger partial charge >= 0.3 is 5.97 Å². The van der Waals surface area contributed by atoms with Gasteiger partial charge < -0.3 is 9.47 Å². The van der Waals surface area contributed by atoms with Crippen LogP contribution in [-0.4, -0.2) is 33.7 Å². The summed E-state index contributed by atoms with van der Waals surface area (Å²) in [4.78, 5) is 20.6. The fourth-order valence-electron chi connectivity index (χ4n) is 2.93. The molecule has 25 heavy (non-hydrogen) atoms. The molecule has 2 aromatic heterocycles. The Bertz CT molecular complexity index is 877. The monoisotopic (exact) mass is 335 g/mol. The van der Waals surface area contributed by atoms with Crippen molar-refractivity contribution in [1.82, 2.24) is 14.5 Å². The molecule has 1 aromatic carbocycles. The van der Waals surface area contributed by atoms with Crippen LogP contribution in [-0.2, 0) is 4.74 Å². The van der Waals surface area contributed by atoms with Crippen molar-refractivity contribution < 1.29 is 14.3 Å². The molecule has 0 fully saturated rings. The Morgan fingerprint density at radius 2 is 2.20 bits per heavy atom. The first kappa shape index (κ1) is 15.4. The Labute approximate surface area is 145 Å². The molecular weight excluding hydrogens is 318 g/mol. The molecule has 4 rings (SSSR count). The van der Waals surface area contributed by atoms with Gasteiger partial charge in [-0.25, -0.2) is 14.8 Å². The Morgan fingerprint density at radius 1 is 1.28 bits per heavy atom. The molecule has 0 amide bonds. The van der Waals surface area contributed by atoms with Crippen molar-refractivity contribution in [3.8, 4) is 11.6 Å². The summed E-state index contributed by atoms with van der Waals surface area (Å²) < 4.78 is 12.9. The number of carbonyl (C=O) groups excluding carboxylic acids is 1. The van der Waals surface area contributed by atoms with Gasteiger partial charge in [-0.3, -0.25) is 4.57 Å². The Morgan fingerprint density at radius 3 is 3.08 bits per heavy atom. The van der Waals surface area contributed by atoms with Crippen molar-refractivity contribution in [3.63, 3.8) is 0 Å². The molecule has 1 aliphatic rings. The second-order valence-corrected chi connectivity index (χ2v) is 5.84. The molecule has 0 unspecified atom stereocenters. The normalized spacial score (nSPS) is 15.9. The van der Waals surface area contributed by atoms with Gasteiger partial charge in [0.2, 0.25) is 0 Å². The number of benzene rings is 1. The molecule has 0 N–H and O–H groups in total. The minimum Gasteiger partial charge on any atom is -0.493 e. The minimum atomic E-state index is -0.354. The molecule has 1 aliphatic heterocycles. The first-order valence-electron chi connectivity index (χ1n) is 8.14. The smallest absolute Gasteiger partial charge is 0.338 e. The van der Waals surface area contributed by atoms with E-state index in [1.165, 1.54) is 0 Å². The summed E-state index contributed by atoms with van der Waals surface area (Å²) in [6, 6.07) is 11.2. The van der Waals surface area contributed by atoms with E-state index in [4.69, 9.17) is 9.47 Å². The van der Waals surface area contributed by atoms with Crippen LogP contribution in [0.15, 0.2) is 61.3 Å². The Balaban J connectivity index is 1.46. The van der Waals surface area contributed by atoms with E-state index in [2.05, 4.69) is 9.97 Å². The van der Waals surface area contributed by atoms with E-state index in [0.29, 0.717) is 24.6 Å². The molecule has 0 saturated carbocycles. The summed E-state index contributed by atoms with van der Waals surface area (Å²) in [6.07, 6.45) is 7.50. The number of nitrogens with zero attached hydrogens (tertiary/aromatic N) is 3. The Hall–Kier alpha value is -3.15. The van der Waals surface area contributed by atoms with Gasteiger partial charge in [0, 0.05) is 30.1 Å². The van der Waals surface area contributed by atoms with Gasteiger partial charge in [-0.1, -0.05) is 18.2 Å². The highest BCUT2D eigenvalue weighted by atomic mass is 16.5.